The highest BCUT2D eigenvalue weighted by atomic mass is 16.4. The Morgan fingerprint density at radius 1 is 0.288 bits per heavy atom. The Bertz CT molecular complexity index is 605. The average molecular weight is 734 g/mol. The maximum absolute atomic E-state index is 11.2. The minimum absolute atomic E-state index is 0.290. The van der Waals surface area contributed by atoms with Gasteiger partial charge >= 0.3 is 5.97 Å². The predicted molar refractivity (Wildman–Crippen MR) is 234 cm³/mol. The maximum Gasteiger partial charge on any atom is 0.304 e. The predicted octanol–water partition coefficient (Wildman–Crippen LogP) is 17.2. The Labute approximate surface area is 329 Å². The van der Waals surface area contributed by atoms with Gasteiger partial charge in [0.2, 0.25) is 0 Å². The molecule has 1 N–H and O–H groups in total. The van der Waals surface area contributed by atoms with E-state index in [9.17, 15) is 9.90 Å². The average Bonchev–Trinajstić information content (AvgIpc) is 3.14. The molecule has 0 aromatic carbocycles. The lowest BCUT2D eigenvalue weighted by Crippen LogP contribution is -2.28. The van der Waals surface area contributed by atoms with Crippen LogP contribution in [0.15, 0.2) is 0 Å². The zero-order chi connectivity index (χ0) is 37.7. The summed E-state index contributed by atoms with van der Waals surface area (Å²) in [6, 6.07) is 0. The van der Waals surface area contributed by atoms with E-state index in [0.717, 1.165) is 19.6 Å². The SMILES string of the molecule is CCCCCCCCCCCCCCCCCCCCCCCN(CCCCCCCCCCCCCCCCCCCCCCC)CCC(=O)O. The van der Waals surface area contributed by atoms with Crippen LogP contribution in [0.1, 0.15) is 290 Å². The molecule has 0 aromatic heterocycles. The third kappa shape index (κ3) is 45.6. The van der Waals surface area contributed by atoms with Gasteiger partial charge in [-0.15, -0.1) is 0 Å². The number of carbonyl (C=O) groups is 1. The second-order valence-corrected chi connectivity index (χ2v) is 17.1. The van der Waals surface area contributed by atoms with Crippen molar-refractivity contribution in [3.8, 4) is 0 Å². The Morgan fingerprint density at radius 3 is 0.635 bits per heavy atom. The van der Waals surface area contributed by atoms with Crippen LogP contribution in [0.3, 0.4) is 0 Å². The van der Waals surface area contributed by atoms with E-state index in [1.54, 1.807) is 0 Å². The van der Waals surface area contributed by atoms with Crippen LogP contribution in [0, 0.1) is 0 Å². The van der Waals surface area contributed by atoms with Crippen LogP contribution in [-0.4, -0.2) is 35.6 Å². The van der Waals surface area contributed by atoms with Gasteiger partial charge in [0.15, 0.2) is 0 Å². The summed E-state index contributed by atoms with van der Waals surface area (Å²) in [5, 5.41) is 9.23. The number of rotatable bonds is 47. The van der Waals surface area contributed by atoms with Crippen LogP contribution in [-0.2, 0) is 4.79 Å². The Morgan fingerprint density at radius 2 is 0.462 bits per heavy atom. The van der Waals surface area contributed by atoms with Crippen LogP contribution < -0.4 is 0 Å². The molecule has 0 saturated heterocycles. The number of aliphatic carboxylic acids is 1. The molecular formula is C49H99NO2. The van der Waals surface area contributed by atoms with E-state index in [1.165, 1.54) is 270 Å². The summed E-state index contributed by atoms with van der Waals surface area (Å²) in [4.78, 5) is 13.7. The van der Waals surface area contributed by atoms with Crippen LogP contribution in [0.4, 0.5) is 0 Å². The van der Waals surface area contributed by atoms with Gasteiger partial charge in [-0.3, -0.25) is 4.79 Å². The van der Waals surface area contributed by atoms with Crippen LogP contribution in [0.2, 0.25) is 0 Å². The topological polar surface area (TPSA) is 40.5 Å². The van der Waals surface area contributed by atoms with Crippen LogP contribution in [0.5, 0.6) is 0 Å². The van der Waals surface area contributed by atoms with E-state index in [1.807, 2.05) is 0 Å². The van der Waals surface area contributed by atoms with Crippen LogP contribution >= 0.6 is 0 Å². The summed E-state index contributed by atoms with van der Waals surface area (Å²) in [6.07, 6.45) is 59.9. The Kier molecular flexibility index (Phi) is 46.1. The molecule has 0 aliphatic rings. The minimum atomic E-state index is -0.650. The smallest absolute Gasteiger partial charge is 0.304 e. The minimum Gasteiger partial charge on any atom is -0.481 e. The number of carboxylic acid groups (broad SMARTS) is 1. The fourth-order valence-electron chi connectivity index (χ4n) is 8.12. The summed E-state index contributed by atoms with van der Waals surface area (Å²) < 4.78 is 0. The molecule has 3 heteroatoms. The number of hydrogen-bond donors (Lipinski definition) is 1. The van der Waals surface area contributed by atoms with Gasteiger partial charge in [0.1, 0.15) is 0 Å². The van der Waals surface area contributed by atoms with Gasteiger partial charge in [0.25, 0.3) is 0 Å². The fourth-order valence-corrected chi connectivity index (χ4v) is 8.12. The highest BCUT2D eigenvalue weighted by Crippen LogP contribution is 2.17. The molecule has 52 heavy (non-hydrogen) atoms. The van der Waals surface area contributed by atoms with Gasteiger partial charge < -0.3 is 10.0 Å². The molecule has 0 aliphatic heterocycles. The van der Waals surface area contributed by atoms with E-state index in [-0.39, 0.29) is 0 Å². The molecule has 312 valence electrons. The molecule has 0 saturated carbocycles. The van der Waals surface area contributed by atoms with Gasteiger partial charge in [0, 0.05) is 6.54 Å². The van der Waals surface area contributed by atoms with E-state index in [4.69, 9.17) is 0 Å². The van der Waals surface area contributed by atoms with Crippen molar-refractivity contribution >= 4 is 5.97 Å². The van der Waals surface area contributed by atoms with E-state index in [2.05, 4.69) is 18.7 Å². The van der Waals surface area contributed by atoms with Gasteiger partial charge in [-0.2, -0.15) is 0 Å². The van der Waals surface area contributed by atoms with Gasteiger partial charge in [-0.1, -0.05) is 271 Å². The van der Waals surface area contributed by atoms with E-state index in [0.29, 0.717) is 6.42 Å². The zero-order valence-corrected chi connectivity index (χ0v) is 36.3. The Balaban J connectivity index is 3.48. The lowest BCUT2D eigenvalue weighted by molar-refractivity contribution is -0.137. The third-order valence-corrected chi connectivity index (χ3v) is 11.8. The van der Waals surface area contributed by atoms with Crippen molar-refractivity contribution < 1.29 is 9.90 Å². The first-order valence-electron chi connectivity index (χ1n) is 24.6. The lowest BCUT2D eigenvalue weighted by Gasteiger charge is -2.21. The van der Waals surface area contributed by atoms with Crippen LogP contribution in [0.25, 0.3) is 0 Å². The number of carboxylic acids is 1. The summed E-state index contributed by atoms with van der Waals surface area (Å²) in [7, 11) is 0. The van der Waals surface area contributed by atoms with Gasteiger partial charge in [-0.25, -0.2) is 0 Å². The maximum atomic E-state index is 11.2. The van der Waals surface area contributed by atoms with E-state index < -0.39 is 5.97 Å². The molecule has 0 bridgehead atoms. The van der Waals surface area contributed by atoms with Crippen molar-refractivity contribution in [1.29, 1.82) is 0 Å². The first kappa shape index (κ1) is 51.4. The molecule has 0 atom stereocenters. The van der Waals surface area contributed by atoms with Crippen molar-refractivity contribution in [3.63, 3.8) is 0 Å². The van der Waals surface area contributed by atoms with Crippen molar-refractivity contribution in [2.45, 2.75) is 290 Å². The van der Waals surface area contributed by atoms with Crippen molar-refractivity contribution in [2.24, 2.45) is 0 Å². The van der Waals surface area contributed by atoms with Crippen molar-refractivity contribution in [1.82, 2.24) is 4.90 Å². The molecule has 0 fully saturated rings. The van der Waals surface area contributed by atoms with Gasteiger partial charge in [-0.05, 0) is 25.9 Å². The van der Waals surface area contributed by atoms with Crippen molar-refractivity contribution in [2.75, 3.05) is 19.6 Å². The third-order valence-electron chi connectivity index (χ3n) is 11.8. The monoisotopic (exact) mass is 734 g/mol. The fraction of sp³-hybridized carbons (Fsp3) is 0.980. The lowest BCUT2D eigenvalue weighted by atomic mass is 10.0. The van der Waals surface area contributed by atoms with Crippen molar-refractivity contribution in [3.05, 3.63) is 0 Å². The highest BCUT2D eigenvalue weighted by molar-refractivity contribution is 5.66. The molecular weight excluding hydrogens is 635 g/mol. The standard InChI is InChI=1S/C49H99NO2/c1-3-5-7-9-11-13-15-17-19-21-23-25-27-29-31-33-35-37-39-41-43-46-50(48-45-49(51)52)47-44-42-40-38-36-34-32-30-28-26-24-22-20-18-16-14-12-10-8-6-4-2/h3-48H2,1-2H3,(H,51,52). The highest BCUT2D eigenvalue weighted by Gasteiger charge is 2.07. The molecule has 0 heterocycles. The molecule has 0 amide bonds. The summed E-state index contributed by atoms with van der Waals surface area (Å²) in [5.41, 5.74) is 0. The van der Waals surface area contributed by atoms with E-state index >= 15 is 0 Å². The normalized spacial score (nSPS) is 11.7. The summed E-state index contributed by atoms with van der Waals surface area (Å²) in [5.74, 6) is -0.650. The molecule has 3 nitrogen and oxygen atoms in total. The first-order valence-corrected chi connectivity index (χ1v) is 24.6. The molecule has 0 unspecified atom stereocenters. The zero-order valence-electron chi connectivity index (χ0n) is 36.3. The number of unbranched alkanes of at least 4 members (excludes halogenated alkanes) is 40. The quantitative estimate of drug-likeness (QED) is 0.0633. The second kappa shape index (κ2) is 46.6. The molecule has 0 aliphatic carbocycles. The number of nitrogens with zero attached hydrogens (tertiary/aromatic N) is 1. The molecule has 0 rings (SSSR count). The van der Waals surface area contributed by atoms with Gasteiger partial charge in [0.05, 0.1) is 6.42 Å². The Hall–Kier alpha value is -0.570. The summed E-state index contributed by atoms with van der Waals surface area (Å²) in [6.45, 7) is 7.51. The molecule has 0 spiro atoms. The number of hydrogen-bond acceptors (Lipinski definition) is 2. The second-order valence-electron chi connectivity index (χ2n) is 17.1. The molecule has 0 aromatic rings. The summed E-state index contributed by atoms with van der Waals surface area (Å²) >= 11 is 0. The largest absolute Gasteiger partial charge is 0.481 e. The first-order chi connectivity index (χ1) is 25.7. The molecule has 0 radical (unpaired) electrons.